The zero-order valence-electron chi connectivity index (χ0n) is 14.7. The van der Waals surface area contributed by atoms with Crippen LogP contribution in [0.2, 0.25) is 0 Å². The maximum Gasteiger partial charge on any atom is 0.244 e. The van der Waals surface area contributed by atoms with Gasteiger partial charge in [0.25, 0.3) is 0 Å². The lowest BCUT2D eigenvalue weighted by Gasteiger charge is -2.45. The summed E-state index contributed by atoms with van der Waals surface area (Å²) in [5, 5.41) is 25.3. The van der Waals surface area contributed by atoms with Crippen molar-refractivity contribution in [2.75, 3.05) is 19.3 Å². The molecule has 4 heterocycles. The van der Waals surface area contributed by atoms with Gasteiger partial charge in [0.2, 0.25) is 5.91 Å². The number of carbonyl (C=O) groups is 1. The molecule has 4 N–H and O–H groups in total. The third kappa shape index (κ3) is 3.36. The van der Waals surface area contributed by atoms with E-state index in [2.05, 4.69) is 39.4 Å². The van der Waals surface area contributed by atoms with E-state index in [9.17, 15) is 9.90 Å². The van der Waals surface area contributed by atoms with E-state index in [1.807, 2.05) is 5.01 Å². The standard InChI is InChI=1S/C17H29N5O2S/c1-25-17-18-10-11-15(20-17)22-14-8-5-6-12(19-14)13(23)7-3-2-4-9-21(22)16(11)24/h2,4,11-15,17-20,23H,3,5-10H2,1H3/b4-2-. The van der Waals surface area contributed by atoms with Crippen LogP contribution < -0.4 is 16.0 Å². The van der Waals surface area contributed by atoms with Gasteiger partial charge in [0.1, 0.15) is 5.50 Å². The highest BCUT2D eigenvalue weighted by Gasteiger charge is 2.52. The van der Waals surface area contributed by atoms with Crippen molar-refractivity contribution < 1.29 is 9.90 Å². The molecule has 0 saturated carbocycles. The fourth-order valence-electron chi connectivity index (χ4n) is 4.53. The van der Waals surface area contributed by atoms with Gasteiger partial charge >= 0.3 is 0 Å². The predicted octanol–water partition coefficient (Wildman–Crippen LogP) is 0.00640. The molecule has 140 valence electrons. The van der Waals surface area contributed by atoms with Crippen molar-refractivity contribution in [3.05, 3.63) is 12.2 Å². The monoisotopic (exact) mass is 367 g/mol. The van der Waals surface area contributed by atoms with Crippen molar-refractivity contribution in [3.8, 4) is 0 Å². The van der Waals surface area contributed by atoms with Crippen molar-refractivity contribution >= 4 is 17.7 Å². The first-order chi connectivity index (χ1) is 12.2. The molecule has 4 rings (SSSR count). The number of allylic oxidation sites excluding steroid dienone is 1. The molecule has 7 nitrogen and oxygen atoms in total. The number of hydrogen-bond donors (Lipinski definition) is 4. The van der Waals surface area contributed by atoms with E-state index >= 15 is 0 Å². The van der Waals surface area contributed by atoms with E-state index in [1.165, 1.54) is 0 Å². The Morgan fingerprint density at radius 1 is 1.24 bits per heavy atom. The number of nitrogens with one attached hydrogen (secondary N) is 3. The Labute approximate surface area is 153 Å². The summed E-state index contributed by atoms with van der Waals surface area (Å²) in [6, 6.07) is 0.110. The van der Waals surface area contributed by atoms with Crippen LogP contribution >= 0.6 is 11.8 Å². The normalized spacial score (nSPS) is 43.9. The summed E-state index contributed by atoms with van der Waals surface area (Å²) < 4.78 is 0. The lowest BCUT2D eigenvalue weighted by Crippen LogP contribution is -2.66. The molecule has 0 radical (unpaired) electrons. The molecule has 6 atom stereocenters. The van der Waals surface area contributed by atoms with E-state index < -0.39 is 0 Å². The maximum absolute atomic E-state index is 13.0. The fourth-order valence-corrected chi connectivity index (χ4v) is 5.07. The van der Waals surface area contributed by atoms with Gasteiger partial charge in [-0.25, -0.2) is 0 Å². The molecule has 3 saturated heterocycles. The Balaban J connectivity index is 1.64. The number of hydrazine groups is 1. The average Bonchev–Trinajstić information content (AvgIpc) is 2.91. The van der Waals surface area contributed by atoms with Gasteiger partial charge in [-0.3, -0.25) is 25.8 Å². The topological polar surface area (TPSA) is 79.9 Å². The van der Waals surface area contributed by atoms with E-state index in [0.29, 0.717) is 13.1 Å². The van der Waals surface area contributed by atoms with Gasteiger partial charge in [-0.1, -0.05) is 12.2 Å². The predicted molar refractivity (Wildman–Crippen MR) is 98.2 cm³/mol. The van der Waals surface area contributed by atoms with Crippen molar-refractivity contribution in [1.29, 1.82) is 0 Å². The van der Waals surface area contributed by atoms with Crippen molar-refractivity contribution in [1.82, 2.24) is 26.0 Å². The smallest absolute Gasteiger partial charge is 0.244 e. The van der Waals surface area contributed by atoms with Gasteiger partial charge < -0.3 is 5.11 Å². The number of fused-ring (bicyclic) bond motifs is 6. The van der Waals surface area contributed by atoms with Gasteiger partial charge in [-0.2, -0.15) is 5.01 Å². The molecule has 1 amide bonds. The Morgan fingerprint density at radius 2 is 2.12 bits per heavy atom. The van der Waals surface area contributed by atoms with Crippen LogP contribution in [0.15, 0.2) is 12.2 Å². The fraction of sp³-hybridized carbons (Fsp3) is 0.824. The zero-order valence-corrected chi connectivity index (χ0v) is 15.5. The SMILES string of the molecule is CSC1NCC2C(=O)N3C/C=C\CCC(O)C4CCCC(N4)N3C2N1. The van der Waals surface area contributed by atoms with E-state index in [4.69, 9.17) is 0 Å². The van der Waals surface area contributed by atoms with Crippen molar-refractivity contribution in [2.45, 2.75) is 62.1 Å². The molecule has 6 unspecified atom stereocenters. The second-order valence-electron chi connectivity index (χ2n) is 7.38. The Hall–Kier alpha value is -0.640. The highest BCUT2D eigenvalue weighted by atomic mass is 32.2. The summed E-state index contributed by atoms with van der Waals surface area (Å²) in [5.41, 5.74) is 0.160. The molecular formula is C17H29N5O2S. The number of thioether (sulfide) groups is 1. The van der Waals surface area contributed by atoms with Gasteiger partial charge in [-0.15, -0.1) is 11.8 Å². The number of rotatable bonds is 1. The minimum absolute atomic E-state index is 0.00810. The quantitative estimate of drug-likeness (QED) is 0.486. The van der Waals surface area contributed by atoms with Crippen LogP contribution in [0.3, 0.4) is 0 Å². The Kier molecular flexibility index (Phi) is 5.35. The highest BCUT2D eigenvalue weighted by Crippen LogP contribution is 2.32. The summed E-state index contributed by atoms with van der Waals surface area (Å²) in [6.07, 6.45) is 10.7. The maximum atomic E-state index is 13.0. The summed E-state index contributed by atoms with van der Waals surface area (Å²) in [4.78, 5) is 13.0. The summed E-state index contributed by atoms with van der Waals surface area (Å²) in [5.74, 6) is 0.129. The summed E-state index contributed by atoms with van der Waals surface area (Å²) in [6.45, 7) is 1.31. The van der Waals surface area contributed by atoms with Crippen LogP contribution in [0.5, 0.6) is 0 Å². The van der Waals surface area contributed by atoms with Gasteiger partial charge in [0, 0.05) is 12.6 Å². The number of aliphatic hydroxyl groups is 1. The zero-order chi connectivity index (χ0) is 17.4. The van der Waals surface area contributed by atoms with E-state index in [1.54, 1.807) is 11.8 Å². The molecule has 0 aromatic heterocycles. The van der Waals surface area contributed by atoms with Crippen LogP contribution in [0.25, 0.3) is 0 Å². The summed E-state index contributed by atoms with van der Waals surface area (Å²) >= 11 is 1.73. The second kappa shape index (κ2) is 7.54. The number of amides is 1. The Morgan fingerprint density at radius 3 is 2.96 bits per heavy atom. The summed E-state index contributed by atoms with van der Waals surface area (Å²) in [7, 11) is 0. The Bertz CT molecular complexity index is 533. The minimum Gasteiger partial charge on any atom is -0.391 e. The number of carbonyl (C=O) groups excluding carboxylic acids is 1. The van der Waals surface area contributed by atoms with Crippen LogP contribution in [0.1, 0.15) is 32.1 Å². The molecule has 8 heteroatoms. The van der Waals surface area contributed by atoms with Crippen LogP contribution in [0.4, 0.5) is 0 Å². The van der Waals surface area contributed by atoms with Gasteiger partial charge in [-0.05, 0) is 38.4 Å². The second-order valence-corrected chi connectivity index (χ2v) is 8.32. The molecule has 0 aliphatic carbocycles. The van der Waals surface area contributed by atoms with E-state index in [0.717, 1.165) is 32.1 Å². The number of hydrogen-bond acceptors (Lipinski definition) is 7. The van der Waals surface area contributed by atoms with Crippen LogP contribution in [0, 0.1) is 5.92 Å². The van der Waals surface area contributed by atoms with Gasteiger partial charge in [0.05, 0.1) is 30.9 Å². The van der Waals surface area contributed by atoms with Gasteiger partial charge in [0.15, 0.2) is 0 Å². The van der Waals surface area contributed by atoms with Crippen LogP contribution in [-0.2, 0) is 4.79 Å². The molecule has 0 aromatic carbocycles. The molecule has 3 fully saturated rings. The van der Waals surface area contributed by atoms with Crippen molar-refractivity contribution in [2.24, 2.45) is 5.92 Å². The number of aliphatic hydroxyl groups excluding tert-OH is 1. The molecule has 4 aliphatic heterocycles. The third-order valence-corrected chi connectivity index (χ3v) is 6.63. The van der Waals surface area contributed by atoms with Crippen LogP contribution in [-0.4, -0.2) is 70.4 Å². The average molecular weight is 368 g/mol. The first-order valence-corrected chi connectivity index (χ1v) is 10.7. The molecule has 0 spiro atoms. The highest BCUT2D eigenvalue weighted by molar-refractivity contribution is 7.99. The largest absolute Gasteiger partial charge is 0.391 e. The molecule has 25 heavy (non-hydrogen) atoms. The molecule has 4 aliphatic rings. The third-order valence-electron chi connectivity index (χ3n) is 5.85. The minimum atomic E-state index is -0.326. The van der Waals surface area contributed by atoms with Crippen molar-refractivity contribution in [3.63, 3.8) is 0 Å². The lowest BCUT2D eigenvalue weighted by atomic mass is 9.95. The molecular weight excluding hydrogens is 338 g/mol. The number of piperidine rings is 1. The lowest BCUT2D eigenvalue weighted by molar-refractivity contribution is -0.145. The van der Waals surface area contributed by atoms with E-state index in [-0.39, 0.29) is 41.8 Å². The number of nitrogens with zero attached hydrogens (tertiary/aromatic N) is 2. The first kappa shape index (κ1) is 17.8. The molecule has 2 bridgehead atoms. The first-order valence-electron chi connectivity index (χ1n) is 9.40. The molecule has 0 aromatic rings.